The first-order chi connectivity index (χ1) is 10.3. The van der Waals surface area contributed by atoms with Gasteiger partial charge in [-0.25, -0.2) is 13.2 Å². The smallest absolute Gasteiger partial charge is 0.277 e. The highest BCUT2D eigenvalue weighted by Crippen LogP contribution is 2.24. The third-order valence-corrected chi connectivity index (χ3v) is 5.29. The standard InChI is InChI=1S/C14H16N2O5S/c1-3-22(20,21)11-6-4-10(5-7-11)9(2)16-13(18)8-12(17)15-14(16)19/h4-7,9H,3,8H2,1-2H3,(H,15,17,19). The number of nitrogens with one attached hydrogen (secondary N) is 1. The maximum Gasteiger partial charge on any atom is 0.331 e. The van der Waals surface area contributed by atoms with Gasteiger partial charge in [0.15, 0.2) is 9.84 Å². The number of carbonyl (C=O) groups excluding carboxylic acids is 3. The number of sulfone groups is 1. The molecule has 4 amide bonds. The maximum atomic E-state index is 11.9. The molecule has 1 aliphatic rings. The molecule has 22 heavy (non-hydrogen) atoms. The molecule has 2 rings (SSSR count). The molecule has 0 bridgehead atoms. The molecule has 0 spiro atoms. The fraction of sp³-hybridized carbons (Fsp3) is 0.357. The van der Waals surface area contributed by atoms with Crippen LogP contribution >= 0.6 is 0 Å². The van der Waals surface area contributed by atoms with Crippen LogP contribution in [0.25, 0.3) is 0 Å². The van der Waals surface area contributed by atoms with Crippen molar-refractivity contribution in [3.8, 4) is 0 Å². The molecule has 1 atom stereocenters. The summed E-state index contributed by atoms with van der Waals surface area (Å²) < 4.78 is 23.5. The molecule has 0 radical (unpaired) electrons. The predicted octanol–water partition coefficient (Wildman–Crippen LogP) is 1.01. The van der Waals surface area contributed by atoms with Gasteiger partial charge in [0.25, 0.3) is 0 Å². The van der Waals surface area contributed by atoms with Crippen molar-refractivity contribution in [1.82, 2.24) is 10.2 Å². The second-order valence-corrected chi connectivity index (χ2v) is 7.22. The third kappa shape index (κ3) is 3.01. The van der Waals surface area contributed by atoms with Crippen LogP contribution in [0.4, 0.5) is 4.79 Å². The van der Waals surface area contributed by atoms with E-state index in [1.165, 1.54) is 12.1 Å². The first kappa shape index (κ1) is 16.2. The lowest BCUT2D eigenvalue weighted by molar-refractivity contribution is -0.137. The lowest BCUT2D eigenvalue weighted by Gasteiger charge is -2.30. The van der Waals surface area contributed by atoms with Crippen LogP contribution in [-0.4, -0.2) is 36.9 Å². The summed E-state index contributed by atoms with van der Waals surface area (Å²) in [6.07, 6.45) is -0.377. The zero-order valence-electron chi connectivity index (χ0n) is 12.2. The third-order valence-electron chi connectivity index (χ3n) is 3.53. The van der Waals surface area contributed by atoms with E-state index in [9.17, 15) is 22.8 Å². The van der Waals surface area contributed by atoms with Gasteiger partial charge in [0.1, 0.15) is 6.42 Å². The van der Waals surface area contributed by atoms with E-state index in [-0.39, 0.29) is 17.1 Å². The van der Waals surface area contributed by atoms with Gasteiger partial charge in [-0.3, -0.25) is 19.8 Å². The lowest BCUT2D eigenvalue weighted by Crippen LogP contribution is -2.53. The van der Waals surface area contributed by atoms with E-state index in [0.717, 1.165) is 4.90 Å². The van der Waals surface area contributed by atoms with E-state index in [4.69, 9.17) is 0 Å². The minimum atomic E-state index is -3.30. The molecule has 8 heteroatoms. The molecule has 1 fully saturated rings. The number of urea groups is 1. The van der Waals surface area contributed by atoms with Crippen LogP contribution in [0.3, 0.4) is 0 Å². The summed E-state index contributed by atoms with van der Waals surface area (Å²) in [7, 11) is -3.30. The number of benzene rings is 1. The fourth-order valence-corrected chi connectivity index (χ4v) is 3.10. The Kier molecular flexibility index (Phi) is 4.32. The number of amides is 4. The van der Waals surface area contributed by atoms with Crippen LogP contribution in [0.2, 0.25) is 0 Å². The summed E-state index contributed by atoms with van der Waals surface area (Å²) >= 11 is 0. The molecule has 1 aliphatic heterocycles. The number of barbiturate groups is 1. The fourth-order valence-electron chi connectivity index (χ4n) is 2.22. The Hall–Kier alpha value is -2.22. The molecule has 1 unspecified atom stereocenters. The van der Waals surface area contributed by atoms with Crippen molar-refractivity contribution in [2.75, 3.05) is 5.75 Å². The first-order valence-electron chi connectivity index (χ1n) is 6.75. The summed E-state index contributed by atoms with van der Waals surface area (Å²) in [6.45, 7) is 3.19. The van der Waals surface area contributed by atoms with Gasteiger partial charge < -0.3 is 0 Å². The Morgan fingerprint density at radius 1 is 1.18 bits per heavy atom. The Morgan fingerprint density at radius 3 is 2.27 bits per heavy atom. The molecular formula is C14H16N2O5S. The van der Waals surface area contributed by atoms with Crippen LogP contribution in [0, 0.1) is 0 Å². The quantitative estimate of drug-likeness (QED) is 0.833. The molecule has 1 heterocycles. The molecule has 1 aromatic rings. The second-order valence-electron chi connectivity index (χ2n) is 4.94. The highest BCUT2D eigenvalue weighted by Gasteiger charge is 2.34. The number of nitrogens with zero attached hydrogens (tertiary/aromatic N) is 1. The average molecular weight is 324 g/mol. The van der Waals surface area contributed by atoms with E-state index in [1.54, 1.807) is 26.0 Å². The van der Waals surface area contributed by atoms with E-state index >= 15 is 0 Å². The van der Waals surface area contributed by atoms with Gasteiger partial charge in [-0.05, 0) is 24.6 Å². The predicted molar refractivity (Wildman–Crippen MR) is 77.6 cm³/mol. The molecule has 1 N–H and O–H groups in total. The van der Waals surface area contributed by atoms with Gasteiger partial charge in [-0.2, -0.15) is 0 Å². The Morgan fingerprint density at radius 2 is 1.77 bits per heavy atom. The van der Waals surface area contributed by atoms with E-state index in [2.05, 4.69) is 5.32 Å². The largest absolute Gasteiger partial charge is 0.331 e. The van der Waals surface area contributed by atoms with Crippen molar-refractivity contribution in [3.63, 3.8) is 0 Å². The molecule has 1 saturated heterocycles. The minimum absolute atomic E-state index is 0.00295. The maximum absolute atomic E-state index is 11.9. The van der Waals surface area contributed by atoms with E-state index in [1.807, 2.05) is 0 Å². The van der Waals surface area contributed by atoms with Crippen LogP contribution < -0.4 is 5.32 Å². The van der Waals surface area contributed by atoms with Crippen LogP contribution in [0.15, 0.2) is 29.2 Å². The van der Waals surface area contributed by atoms with Gasteiger partial charge in [0.2, 0.25) is 11.8 Å². The van der Waals surface area contributed by atoms with Crippen molar-refractivity contribution in [2.24, 2.45) is 0 Å². The topological polar surface area (TPSA) is 101 Å². The Labute approximate surface area is 128 Å². The number of carbonyl (C=O) groups is 3. The lowest BCUT2D eigenvalue weighted by atomic mass is 10.1. The summed E-state index contributed by atoms with van der Waals surface area (Å²) in [4.78, 5) is 35.9. The second kappa shape index (κ2) is 5.88. The minimum Gasteiger partial charge on any atom is -0.277 e. The highest BCUT2D eigenvalue weighted by molar-refractivity contribution is 7.91. The summed E-state index contributed by atoms with van der Waals surface area (Å²) in [5, 5.41) is 2.09. The summed E-state index contributed by atoms with van der Waals surface area (Å²) in [5.41, 5.74) is 0.605. The van der Waals surface area contributed by atoms with Crippen molar-refractivity contribution < 1.29 is 22.8 Å². The molecule has 7 nitrogen and oxygen atoms in total. The molecule has 0 aromatic heterocycles. The molecule has 1 aromatic carbocycles. The van der Waals surface area contributed by atoms with Gasteiger partial charge in [0, 0.05) is 0 Å². The molecule has 0 saturated carbocycles. The van der Waals surface area contributed by atoms with Crippen LogP contribution in [0.5, 0.6) is 0 Å². The van der Waals surface area contributed by atoms with Crippen molar-refractivity contribution in [3.05, 3.63) is 29.8 Å². The molecule has 0 aliphatic carbocycles. The monoisotopic (exact) mass is 324 g/mol. The normalized spacial score (nSPS) is 17.4. The number of rotatable bonds is 4. The van der Waals surface area contributed by atoms with Crippen LogP contribution in [0.1, 0.15) is 31.9 Å². The number of imide groups is 2. The zero-order valence-corrected chi connectivity index (χ0v) is 13.0. The average Bonchev–Trinajstić information content (AvgIpc) is 2.46. The molecule has 118 valence electrons. The summed E-state index contributed by atoms with van der Waals surface area (Å²) in [6, 6.07) is 4.65. The van der Waals surface area contributed by atoms with Crippen LogP contribution in [-0.2, 0) is 19.4 Å². The van der Waals surface area contributed by atoms with Crippen molar-refractivity contribution >= 4 is 27.7 Å². The Bertz CT molecular complexity index is 704. The highest BCUT2D eigenvalue weighted by atomic mass is 32.2. The van der Waals surface area contributed by atoms with E-state index in [0.29, 0.717) is 5.56 Å². The van der Waals surface area contributed by atoms with Crippen molar-refractivity contribution in [2.45, 2.75) is 31.2 Å². The van der Waals surface area contributed by atoms with E-state index < -0.39 is 33.7 Å². The summed E-state index contributed by atoms with van der Waals surface area (Å²) in [5.74, 6) is -1.20. The Balaban J connectivity index is 2.26. The van der Waals surface area contributed by atoms with Gasteiger partial charge >= 0.3 is 6.03 Å². The van der Waals surface area contributed by atoms with Gasteiger partial charge in [0.05, 0.1) is 16.7 Å². The van der Waals surface area contributed by atoms with Gasteiger partial charge in [-0.15, -0.1) is 0 Å². The zero-order chi connectivity index (χ0) is 16.5. The molecular weight excluding hydrogens is 308 g/mol. The SMILES string of the molecule is CCS(=O)(=O)c1ccc(C(C)N2C(=O)CC(=O)NC2=O)cc1. The first-order valence-corrected chi connectivity index (χ1v) is 8.40. The number of hydrogen-bond donors (Lipinski definition) is 1. The van der Waals surface area contributed by atoms with Gasteiger partial charge in [-0.1, -0.05) is 19.1 Å². The van der Waals surface area contributed by atoms with Crippen molar-refractivity contribution in [1.29, 1.82) is 0 Å². The number of hydrogen-bond acceptors (Lipinski definition) is 5.